The van der Waals surface area contributed by atoms with E-state index < -0.39 is 0 Å². The van der Waals surface area contributed by atoms with E-state index in [-0.39, 0.29) is 6.04 Å². The zero-order chi connectivity index (χ0) is 25.4. The zero-order valence-electron chi connectivity index (χ0n) is 21.3. The van der Waals surface area contributed by atoms with Crippen LogP contribution in [0.25, 0.3) is 10.9 Å². The molecule has 0 bridgehead atoms. The summed E-state index contributed by atoms with van der Waals surface area (Å²) in [5.74, 6) is 0.969. The molecule has 1 aromatic carbocycles. The van der Waals surface area contributed by atoms with Gasteiger partial charge in [-0.05, 0) is 37.3 Å². The van der Waals surface area contributed by atoms with Gasteiger partial charge in [-0.25, -0.2) is 4.98 Å². The molecule has 3 atom stereocenters. The highest BCUT2D eigenvalue weighted by atomic mass is 16.5. The van der Waals surface area contributed by atoms with E-state index in [4.69, 9.17) is 10.5 Å². The topological polar surface area (TPSA) is 97.8 Å². The first-order valence-corrected chi connectivity index (χ1v) is 13.2. The lowest BCUT2D eigenvalue weighted by Crippen LogP contribution is -2.65. The Bertz CT molecular complexity index is 1310. The summed E-state index contributed by atoms with van der Waals surface area (Å²) in [6.45, 7) is 10.1. The number of benzene rings is 1. The van der Waals surface area contributed by atoms with E-state index in [1.807, 2.05) is 18.3 Å². The summed E-state index contributed by atoms with van der Waals surface area (Å²) in [5.41, 5.74) is 9.99. The van der Waals surface area contributed by atoms with Crippen LogP contribution in [-0.2, 0) is 4.74 Å². The van der Waals surface area contributed by atoms with Crippen molar-refractivity contribution in [1.82, 2.24) is 14.9 Å². The van der Waals surface area contributed by atoms with Crippen LogP contribution >= 0.6 is 0 Å². The van der Waals surface area contributed by atoms with Crippen LogP contribution in [0.15, 0.2) is 48.8 Å². The number of ether oxygens (including phenoxy) is 1. The van der Waals surface area contributed by atoms with Crippen molar-refractivity contribution in [2.45, 2.75) is 25.0 Å². The van der Waals surface area contributed by atoms with Crippen LogP contribution in [0.1, 0.15) is 12.5 Å². The van der Waals surface area contributed by atoms with Crippen molar-refractivity contribution in [3.63, 3.8) is 0 Å². The molecule has 9 heteroatoms. The molecule has 192 valence electrons. The zero-order valence-corrected chi connectivity index (χ0v) is 21.3. The first-order valence-electron chi connectivity index (χ1n) is 13.2. The van der Waals surface area contributed by atoms with Crippen molar-refractivity contribution in [3.05, 3.63) is 54.4 Å². The van der Waals surface area contributed by atoms with Gasteiger partial charge in [-0.2, -0.15) is 5.26 Å². The van der Waals surface area contributed by atoms with Gasteiger partial charge in [0, 0.05) is 99.2 Å². The van der Waals surface area contributed by atoms with Crippen molar-refractivity contribution in [2.75, 3.05) is 73.7 Å². The second kappa shape index (κ2) is 10.1. The molecule has 0 spiro atoms. The predicted octanol–water partition coefficient (Wildman–Crippen LogP) is 2.06. The van der Waals surface area contributed by atoms with Crippen LogP contribution < -0.4 is 20.4 Å². The number of pyridine rings is 2. The van der Waals surface area contributed by atoms with Gasteiger partial charge in [0.15, 0.2) is 0 Å². The third-order valence-corrected chi connectivity index (χ3v) is 7.93. The van der Waals surface area contributed by atoms with Gasteiger partial charge in [-0.1, -0.05) is 0 Å². The Labute approximate surface area is 218 Å². The smallest absolute Gasteiger partial charge is 0.130 e. The van der Waals surface area contributed by atoms with Crippen molar-refractivity contribution < 1.29 is 4.74 Å². The Morgan fingerprint density at radius 1 is 0.973 bits per heavy atom. The minimum atomic E-state index is -0.000262. The van der Waals surface area contributed by atoms with E-state index >= 15 is 0 Å². The van der Waals surface area contributed by atoms with Crippen LogP contribution in [0.2, 0.25) is 0 Å². The molecule has 0 saturated carbocycles. The van der Waals surface area contributed by atoms with Gasteiger partial charge < -0.3 is 25.2 Å². The van der Waals surface area contributed by atoms with E-state index in [0.29, 0.717) is 30.9 Å². The van der Waals surface area contributed by atoms with Crippen molar-refractivity contribution in [3.8, 4) is 6.07 Å². The molecule has 3 unspecified atom stereocenters. The molecule has 3 aromatic rings. The molecule has 0 radical (unpaired) electrons. The summed E-state index contributed by atoms with van der Waals surface area (Å²) < 4.78 is 5.63. The predicted molar refractivity (Wildman–Crippen MR) is 146 cm³/mol. The number of nitrogens with two attached hydrogens (primary N) is 1. The number of fused-ring (bicyclic) bond motifs is 2. The van der Waals surface area contributed by atoms with Gasteiger partial charge in [0.2, 0.25) is 0 Å². The number of piperazine rings is 2. The third-order valence-electron chi connectivity index (χ3n) is 7.93. The molecule has 2 aromatic heterocycles. The second-order valence-corrected chi connectivity index (χ2v) is 10.4. The highest BCUT2D eigenvalue weighted by molar-refractivity contribution is 5.95. The molecule has 37 heavy (non-hydrogen) atoms. The largest absolute Gasteiger partial charge is 0.378 e. The number of rotatable bonds is 3. The number of aromatic nitrogens is 2. The molecule has 3 fully saturated rings. The molecule has 3 aliphatic heterocycles. The average Bonchev–Trinajstić information content (AvgIpc) is 3.16. The van der Waals surface area contributed by atoms with Crippen molar-refractivity contribution in [1.29, 1.82) is 5.26 Å². The fourth-order valence-electron chi connectivity index (χ4n) is 6.14. The quantitative estimate of drug-likeness (QED) is 0.582. The molecule has 0 aliphatic carbocycles. The Morgan fingerprint density at radius 3 is 2.76 bits per heavy atom. The molecule has 5 heterocycles. The summed E-state index contributed by atoms with van der Waals surface area (Å²) in [4.78, 5) is 19.1. The van der Waals surface area contributed by atoms with Crippen LogP contribution in [0.5, 0.6) is 0 Å². The third kappa shape index (κ3) is 4.68. The van der Waals surface area contributed by atoms with E-state index in [2.05, 4.69) is 66.8 Å². The van der Waals surface area contributed by atoms with Gasteiger partial charge in [0.25, 0.3) is 0 Å². The van der Waals surface area contributed by atoms with Crippen molar-refractivity contribution >= 4 is 28.1 Å². The summed E-state index contributed by atoms with van der Waals surface area (Å²) in [7, 11) is 0. The number of nitrogens with zero attached hydrogens (tertiary/aromatic N) is 7. The monoisotopic (exact) mass is 498 g/mol. The van der Waals surface area contributed by atoms with Gasteiger partial charge in [-0.3, -0.25) is 9.88 Å². The van der Waals surface area contributed by atoms with Crippen molar-refractivity contribution in [2.24, 2.45) is 5.73 Å². The maximum atomic E-state index is 9.56. The van der Waals surface area contributed by atoms with E-state index in [1.165, 1.54) is 5.69 Å². The number of hydrogen-bond donors (Lipinski definition) is 1. The Balaban J connectivity index is 1.23. The molecular formula is C28H34N8O. The second-order valence-electron chi connectivity index (χ2n) is 10.4. The number of anilines is 3. The van der Waals surface area contributed by atoms with Crippen LogP contribution in [0, 0.1) is 11.3 Å². The minimum absolute atomic E-state index is 0.000262. The average molecular weight is 499 g/mol. The molecule has 9 nitrogen and oxygen atoms in total. The fourth-order valence-corrected chi connectivity index (χ4v) is 6.14. The Morgan fingerprint density at radius 2 is 1.86 bits per heavy atom. The molecule has 0 amide bonds. The number of hydrogen-bond acceptors (Lipinski definition) is 9. The summed E-state index contributed by atoms with van der Waals surface area (Å²) >= 11 is 0. The molecule has 2 N–H and O–H groups in total. The Hall–Kier alpha value is -3.45. The molecular weight excluding hydrogens is 464 g/mol. The first-order chi connectivity index (χ1) is 18.1. The van der Waals surface area contributed by atoms with Crippen LogP contribution in [0.3, 0.4) is 0 Å². The fraction of sp³-hybridized carbons (Fsp3) is 0.464. The highest BCUT2D eigenvalue weighted by Crippen LogP contribution is 2.33. The van der Waals surface area contributed by atoms with Gasteiger partial charge in [-0.15, -0.1) is 0 Å². The minimum Gasteiger partial charge on any atom is -0.378 e. The standard InChI is InChI=1S/C28H34N8O/c1-20-15-35(26-5-4-21(14-29)28-25(26)3-2-7-32-28)18-24-17-33(9-10-36(20)24)23-6-8-31-27(13-23)34-11-12-37-19-22(30)16-34/h2-8,13,20,22,24H,9-12,15-19,30H2,1H3. The summed E-state index contributed by atoms with van der Waals surface area (Å²) in [5, 5.41) is 10.6. The van der Waals surface area contributed by atoms with E-state index in [0.717, 1.165) is 68.2 Å². The van der Waals surface area contributed by atoms with Gasteiger partial charge in [0.05, 0.1) is 24.3 Å². The van der Waals surface area contributed by atoms with E-state index in [1.54, 1.807) is 6.20 Å². The van der Waals surface area contributed by atoms with Crippen LogP contribution in [-0.4, -0.2) is 92.0 Å². The lowest BCUT2D eigenvalue weighted by Gasteiger charge is -2.51. The first kappa shape index (κ1) is 23.9. The lowest BCUT2D eigenvalue weighted by molar-refractivity contribution is 0.108. The summed E-state index contributed by atoms with van der Waals surface area (Å²) in [6.07, 6.45) is 3.68. The van der Waals surface area contributed by atoms with Gasteiger partial charge in [0.1, 0.15) is 11.9 Å². The van der Waals surface area contributed by atoms with E-state index in [9.17, 15) is 5.26 Å². The molecule has 6 rings (SSSR count). The van der Waals surface area contributed by atoms with Crippen LogP contribution in [0.4, 0.5) is 17.2 Å². The van der Waals surface area contributed by atoms with Gasteiger partial charge >= 0.3 is 0 Å². The highest BCUT2D eigenvalue weighted by Gasteiger charge is 2.37. The maximum Gasteiger partial charge on any atom is 0.130 e. The molecule has 3 saturated heterocycles. The Kier molecular flexibility index (Phi) is 6.55. The lowest BCUT2D eigenvalue weighted by atomic mass is 10.0. The molecule has 3 aliphatic rings. The number of nitriles is 1. The maximum absolute atomic E-state index is 9.56. The normalized spacial score (nSPS) is 25.0. The SMILES string of the molecule is CC1CN(c2ccc(C#N)c3ncccc23)CC2CN(c3ccnc(N4CCOCC(N)C4)c3)CCN12. The summed E-state index contributed by atoms with van der Waals surface area (Å²) in [6, 6.07) is 15.5.